The van der Waals surface area contributed by atoms with Gasteiger partial charge in [-0.2, -0.15) is 18.0 Å². The van der Waals surface area contributed by atoms with Crippen LogP contribution in [0.1, 0.15) is 11.1 Å². The number of tetrazole rings is 1. The van der Waals surface area contributed by atoms with Crippen LogP contribution < -0.4 is 4.74 Å². The monoisotopic (exact) mass is 334 g/mol. The minimum absolute atomic E-state index is 0.231. The van der Waals surface area contributed by atoms with E-state index in [-0.39, 0.29) is 6.54 Å². The Labute approximate surface area is 135 Å². The molecule has 3 rings (SSSR count). The van der Waals surface area contributed by atoms with Gasteiger partial charge in [0.15, 0.2) is 0 Å². The lowest BCUT2D eigenvalue weighted by atomic mass is 10.1. The van der Waals surface area contributed by atoms with E-state index in [1.54, 1.807) is 19.2 Å². The van der Waals surface area contributed by atoms with Crippen molar-refractivity contribution in [2.75, 3.05) is 7.11 Å². The molecule has 0 N–H and O–H groups in total. The molecule has 0 saturated heterocycles. The Morgan fingerprint density at radius 1 is 1.08 bits per heavy atom. The SMILES string of the molecule is COc1cccc(-c2nnn(Cc3ccc(C(F)(F)F)cc3)n2)c1. The fourth-order valence-corrected chi connectivity index (χ4v) is 2.15. The van der Waals surface area contributed by atoms with Crippen molar-refractivity contribution >= 4 is 0 Å². The summed E-state index contributed by atoms with van der Waals surface area (Å²) >= 11 is 0. The zero-order valence-corrected chi connectivity index (χ0v) is 12.7. The minimum Gasteiger partial charge on any atom is -0.497 e. The molecule has 0 saturated carbocycles. The minimum atomic E-state index is -4.34. The number of methoxy groups -OCH3 is 1. The van der Waals surface area contributed by atoms with Crippen LogP contribution in [-0.4, -0.2) is 27.3 Å². The highest BCUT2D eigenvalue weighted by molar-refractivity contribution is 5.56. The van der Waals surface area contributed by atoms with Gasteiger partial charge < -0.3 is 4.74 Å². The Morgan fingerprint density at radius 3 is 2.50 bits per heavy atom. The van der Waals surface area contributed by atoms with Crippen molar-refractivity contribution in [3.05, 3.63) is 59.7 Å². The summed E-state index contributed by atoms with van der Waals surface area (Å²) in [6, 6.07) is 12.1. The first-order valence-electron chi connectivity index (χ1n) is 7.04. The molecule has 1 aromatic heterocycles. The molecule has 0 aliphatic heterocycles. The lowest BCUT2D eigenvalue weighted by Crippen LogP contribution is -2.07. The number of aromatic nitrogens is 4. The lowest BCUT2D eigenvalue weighted by Gasteiger charge is -2.07. The van der Waals surface area contributed by atoms with Gasteiger partial charge >= 0.3 is 6.18 Å². The predicted octanol–water partition coefficient (Wildman–Crippen LogP) is 3.42. The van der Waals surface area contributed by atoms with E-state index >= 15 is 0 Å². The van der Waals surface area contributed by atoms with Gasteiger partial charge in [-0.25, -0.2) is 0 Å². The Bertz CT molecular complexity index is 828. The topological polar surface area (TPSA) is 52.8 Å². The second kappa shape index (κ2) is 6.31. The van der Waals surface area contributed by atoms with Crippen LogP contribution in [0.5, 0.6) is 5.75 Å². The molecular formula is C16H13F3N4O. The van der Waals surface area contributed by atoms with Gasteiger partial charge in [0.05, 0.1) is 19.2 Å². The molecule has 1 heterocycles. The summed E-state index contributed by atoms with van der Waals surface area (Å²) in [4.78, 5) is 1.33. The van der Waals surface area contributed by atoms with Crippen LogP contribution in [0.25, 0.3) is 11.4 Å². The fraction of sp³-hybridized carbons (Fsp3) is 0.188. The van der Waals surface area contributed by atoms with E-state index in [2.05, 4.69) is 15.4 Å². The number of nitrogens with zero attached hydrogens (tertiary/aromatic N) is 4. The molecule has 0 atom stereocenters. The van der Waals surface area contributed by atoms with Crippen LogP contribution in [0.2, 0.25) is 0 Å². The molecule has 0 aliphatic rings. The van der Waals surface area contributed by atoms with E-state index in [1.165, 1.54) is 16.9 Å². The van der Waals surface area contributed by atoms with Gasteiger partial charge in [0.1, 0.15) is 5.75 Å². The van der Waals surface area contributed by atoms with Crippen molar-refractivity contribution in [1.29, 1.82) is 0 Å². The van der Waals surface area contributed by atoms with Gasteiger partial charge in [0.2, 0.25) is 5.82 Å². The summed E-state index contributed by atoms with van der Waals surface area (Å²) in [6.45, 7) is 0.231. The van der Waals surface area contributed by atoms with Gasteiger partial charge in [-0.15, -0.1) is 10.2 Å². The van der Waals surface area contributed by atoms with Crippen LogP contribution in [0.4, 0.5) is 13.2 Å². The van der Waals surface area contributed by atoms with Crippen molar-refractivity contribution in [1.82, 2.24) is 20.2 Å². The first-order valence-corrected chi connectivity index (χ1v) is 7.04. The van der Waals surface area contributed by atoms with Crippen molar-refractivity contribution < 1.29 is 17.9 Å². The summed E-state index contributed by atoms with van der Waals surface area (Å²) in [6.07, 6.45) is -4.34. The number of hydrogen-bond donors (Lipinski definition) is 0. The van der Waals surface area contributed by atoms with Crippen LogP contribution in [0.15, 0.2) is 48.5 Å². The first-order chi connectivity index (χ1) is 11.5. The van der Waals surface area contributed by atoms with E-state index < -0.39 is 11.7 Å². The molecule has 24 heavy (non-hydrogen) atoms. The van der Waals surface area contributed by atoms with Gasteiger partial charge in [0.25, 0.3) is 0 Å². The number of hydrogen-bond acceptors (Lipinski definition) is 4. The molecule has 0 radical (unpaired) electrons. The maximum absolute atomic E-state index is 12.5. The van der Waals surface area contributed by atoms with Crippen molar-refractivity contribution in [2.45, 2.75) is 12.7 Å². The van der Waals surface area contributed by atoms with E-state index in [0.29, 0.717) is 17.1 Å². The second-order valence-electron chi connectivity index (χ2n) is 5.07. The summed E-state index contributed by atoms with van der Waals surface area (Å²) in [5.41, 5.74) is 0.709. The van der Waals surface area contributed by atoms with Gasteiger partial charge in [-0.05, 0) is 35.0 Å². The maximum Gasteiger partial charge on any atom is 0.416 e. The van der Waals surface area contributed by atoms with Crippen LogP contribution in [-0.2, 0) is 12.7 Å². The first kappa shape index (κ1) is 16.0. The maximum atomic E-state index is 12.5. The lowest BCUT2D eigenvalue weighted by molar-refractivity contribution is -0.137. The van der Waals surface area contributed by atoms with Crippen molar-refractivity contribution in [2.24, 2.45) is 0 Å². The molecule has 0 bridgehead atoms. The summed E-state index contributed by atoms with van der Waals surface area (Å²) in [5.74, 6) is 1.09. The molecule has 0 spiro atoms. The van der Waals surface area contributed by atoms with E-state index in [4.69, 9.17) is 4.74 Å². The molecule has 0 unspecified atom stereocenters. The summed E-state index contributed by atoms with van der Waals surface area (Å²) in [7, 11) is 1.56. The molecule has 0 amide bonds. The van der Waals surface area contributed by atoms with Crippen molar-refractivity contribution in [3.8, 4) is 17.1 Å². The van der Waals surface area contributed by atoms with E-state index in [9.17, 15) is 13.2 Å². The Morgan fingerprint density at radius 2 is 1.83 bits per heavy atom. The average molecular weight is 334 g/mol. The van der Waals surface area contributed by atoms with E-state index in [1.807, 2.05) is 12.1 Å². The zero-order valence-electron chi connectivity index (χ0n) is 12.7. The number of rotatable bonds is 4. The molecule has 0 fully saturated rings. The fourth-order valence-electron chi connectivity index (χ4n) is 2.15. The van der Waals surface area contributed by atoms with Crippen LogP contribution in [0, 0.1) is 0 Å². The van der Waals surface area contributed by atoms with Gasteiger partial charge in [-0.3, -0.25) is 0 Å². The number of ether oxygens (including phenoxy) is 1. The van der Waals surface area contributed by atoms with Gasteiger partial charge in [0, 0.05) is 5.56 Å². The Balaban J connectivity index is 1.76. The third kappa shape index (κ3) is 3.53. The number of halogens is 3. The molecule has 0 aliphatic carbocycles. The molecule has 5 nitrogen and oxygen atoms in total. The highest BCUT2D eigenvalue weighted by Crippen LogP contribution is 2.29. The smallest absolute Gasteiger partial charge is 0.416 e. The molecule has 3 aromatic rings. The third-order valence-electron chi connectivity index (χ3n) is 3.39. The van der Waals surface area contributed by atoms with Gasteiger partial charge in [-0.1, -0.05) is 24.3 Å². The summed E-state index contributed by atoms with van der Waals surface area (Å²) < 4.78 is 42.8. The third-order valence-corrected chi connectivity index (χ3v) is 3.39. The second-order valence-corrected chi connectivity index (χ2v) is 5.07. The number of benzene rings is 2. The Kier molecular flexibility index (Phi) is 4.20. The number of alkyl halides is 3. The molecule has 124 valence electrons. The highest BCUT2D eigenvalue weighted by atomic mass is 19.4. The van der Waals surface area contributed by atoms with Crippen molar-refractivity contribution in [3.63, 3.8) is 0 Å². The van der Waals surface area contributed by atoms with Crippen LogP contribution in [0.3, 0.4) is 0 Å². The molecular weight excluding hydrogens is 321 g/mol. The quantitative estimate of drug-likeness (QED) is 0.734. The highest BCUT2D eigenvalue weighted by Gasteiger charge is 2.29. The zero-order chi connectivity index (χ0) is 17.2. The normalized spacial score (nSPS) is 11.5. The largest absolute Gasteiger partial charge is 0.497 e. The summed E-state index contributed by atoms with van der Waals surface area (Å²) in [5, 5.41) is 12.1. The predicted molar refractivity (Wildman–Crippen MR) is 80.4 cm³/mol. The molecule has 2 aromatic carbocycles. The molecule has 8 heteroatoms. The average Bonchev–Trinajstić information content (AvgIpc) is 3.03. The standard InChI is InChI=1S/C16H13F3N4O/c1-24-14-4-2-3-12(9-14)15-20-22-23(21-15)10-11-5-7-13(8-6-11)16(17,18)19/h2-9H,10H2,1H3. The van der Waals surface area contributed by atoms with E-state index in [0.717, 1.165) is 17.7 Å². The Hall–Kier alpha value is -2.90. The van der Waals surface area contributed by atoms with Crippen LogP contribution >= 0.6 is 0 Å².